The maximum Gasteiger partial charge on any atom is 0.178 e. The molecule has 0 amide bonds. The van der Waals surface area contributed by atoms with Crippen LogP contribution in [-0.2, 0) is 10.5 Å². The molecule has 0 atom stereocenters. The second-order valence-corrected chi connectivity index (χ2v) is 11.9. The van der Waals surface area contributed by atoms with Crippen molar-refractivity contribution < 1.29 is 9.90 Å². The van der Waals surface area contributed by atoms with E-state index in [0.717, 1.165) is 5.75 Å². The van der Waals surface area contributed by atoms with Crippen LogP contribution in [0.1, 0.15) is 37.5 Å². The molecule has 0 saturated heterocycles. The third-order valence-corrected chi connectivity index (χ3v) is 8.29. The zero-order valence-corrected chi connectivity index (χ0v) is 18.7. The molecule has 4 heteroatoms. The fourth-order valence-electron chi connectivity index (χ4n) is 3.76. The Balaban J connectivity index is 1.91. The zero-order valence-electron chi connectivity index (χ0n) is 16.5. The van der Waals surface area contributed by atoms with E-state index >= 15 is 0 Å². The van der Waals surface area contributed by atoms with Gasteiger partial charge in [0.2, 0.25) is 0 Å². The molecule has 1 aliphatic carbocycles. The van der Waals surface area contributed by atoms with Crippen LogP contribution in [-0.4, -0.2) is 25.2 Å². The third-order valence-electron chi connectivity index (χ3n) is 5.03. The Labute approximate surface area is 172 Å². The summed E-state index contributed by atoms with van der Waals surface area (Å²) in [5.41, 5.74) is 6.09. The van der Waals surface area contributed by atoms with E-state index in [1.54, 1.807) is 18.2 Å². The van der Waals surface area contributed by atoms with Crippen molar-refractivity contribution >= 4 is 37.8 Å². The van der Waals surface area contributed by atoms with Gasteiger partial charge in [-0.15, -0.1) is 0 Å². The van der Waals surface area contributed by atoms with E-state index in [1.165, 1.54) is 38.2 Å². The van der Waals surface area contributed by atoms with E-state index in [4.69, 9.17) is 0 Å². The molecule has 0 fully saturated rings. The molecule has 4 rings (SSSR count). The maximum atomic E-state index is 12.0. The first-order valence-corrected chi connectivity index (χ1v) is 11.9. The number of aromatic hydroxyl groups is 1. The van der Waals surface area contributed by atoms with Gasteiger partial charge in [-0.2, -0.15) is 11.8 Å². The number of thioether (sulfide) groups is 1. The van der Waals surface area contributed by atoms with Crippen LogP contribution in [0.5, 0.6) is 5.75 Å². The first kappa shape index (κ1) is 19.0. The van der Waals surface area contributed by atoms with Gasteiger partial charge in [-0.3, -0.25) is 4.79 Å². The van der Waals surface area contributed by atoms with Crippen molar-refractivity contribution in [2.24, 2.45) is 0 Å². The zero-order chi connectivity index (χ0) is 19.9. The van der Waals surface area contributed by atoms with Crippen molar-refractivity contribution in [1.29, 1.82) is 0 Å². The summed E-state index contributed by atoms with van der Waals surface area (Å²) in [6.07, 6.45) is 5.45. The van der Waals surface area contributed by atoms with Crippen LogP contribution in [0.4, 0.5) is 0 Å². The molecule has 2 nitrogen and oxygen atoms in total. The number of phenolic OH excluding ortho intramolecular Hbond substituents is 1. The summed E-state index contributed by atoms with van der Waals surface area (Å²) < 4.78 is 0.191. The lowest BCUT2D eigenvalue weighted by atomic mass is 9.88. The maximum absolute atomic E-state index is 12.0. The number of fused-ring (bicyclic) bond motifs is 2. The second kappa shape index (κ2) is 7.26. The number of carbonyl (C=O) groups is 1. The van der Waals surface area contributed by atoms with Gasteiger partial charge in [-0.05, 0) is 52.1 Å². The van der Waals surface area contributed by atoms with E-state index in [0.29, 0.717) is 5.75 Å². The van der Waals surface area contributed by atoms with Crippen LogP contribution in [0.3, 0.4) is 0 Å². The Bertz CT molecular complexity index is 1050. The van der Waals surface area contributed by atoms with Crippen molar-refractivity contribution in [2.75, 3.05) is 0 Å². The summed E-state index contributed by atoms with van der Waals surface area (Å²) in [7, 11) is -0.806. The van der Waals surface area contributed by atoms with Gasteiger partial charge in [0.15, 0.2) is 5.78 Å². The highest BCUT2D eigenvalue weighted by Crippen LogP contribution is 2.38. The molecule has 0 unspecified atom stereocenters. The van der Waals surface area contributed by atoms with Crippen LogP contribution >= 0.6 is 11.8 Å². The van der Waals surface area contributed by atoms with Crippen molar-refractivity contribution in [3.8, 4) is 5.75 Å². The molecule has 0 aromatic heterocycles. The first-order valence-electron chi connectivity index (χ1n) is 9.53. The predicted octanol–water partition coefficient (Wildman–Crippen LogP) is 4.06. The Morgan fingerprint density at radius 3 is 2.61 bits per heavy atom. The lowest BCUT2D eigenvalue weighted by Gasteiger charge is -2.28. The van der Waals surface area contributed by atoms with Crippen LogP contribution < -0.4 is 5.19 Å². The number of phenols is 1. The molecule has 0 radical (unpaired) electrons. The monoisotopic (exact) mass is 404 g/mol. The Kier molecular flexibility index (Phi) is 4.94. The average Bonchev–Trinajstić information content (AvgIpc) is 2.64. The Morgan fingerprint density at radius 2 is 1.82 bits per heavy atom. The van der Waals surface area contributed by atoms with Crippen LogP contribution in [0.2, 0.25) is 0 Å². The normalized spacial score (nSPS) is 16.8. The summed E-state index contributed by atoms with van der Waals surface area (Å²) in [5, 5.41) is 12.4. The number of benzene rings is 2. The number of rotatable bonds is 3. The topological polar surface area (TPSA) is 37.3 Å². The van der Waals surface area contributed by atoms with Gasteiger partial charge in [0, 0.05) is 10.5 Å². The lowest BCUT2D eigenvalue weighted by Crippen LogP contribution is -2.28. The van der Waals surface area contributed by atoms with E-state index < -0.39 is 9.52 Å². The van der Waals surface area contributed by atoms with Crippen molar-refractivity contribution in [2.45, 2.75) is 31.3 Å². The van der Waals surface area contributed by atoms with Gasteiger partial charge < -0.3 is 5.11 Å². The minimum Gasteiger partial charge on any atom is -0.508 e. The summed E-state index contributed by atoms with van der Waals surface area (Å²) in [4.78, 5) is 12.0. The second-order valence-electron chi connectivity index (χ2n) is 8.27. The van der Waals surface area contributed by atoms with E-state index in [1.807, 2.05) is 30.0 Å². The van der Waals surface area contributed by atoms with Gasteiger partial charge >= 0.3 is 0 Å². The molecular formula is C24H24O2SSi. The minimum absolute atomic E-state index is 0.0609. The quantitative estimate of drug-likeness (QED) is 0.784. The van der Waals surface area contributed by atoms with Crippen LogP contribution in [0, 0.1) is 0 Å². The number of carbonyl (C=O) groups excluding carboxylic acids is 1. The van der Waals surface area contributed by atoms with Crippen LogP contribution in [0.15, 0.2) is 71.5 Å². The molecule has 2 aliphatic rings. The number of allylic oxidation sites excluding steroid dienone is 5. The fourth-order valence-corrected chi connectivity index (χ4v) is 6.59. The summed E-state index contributed by atoms with van der Waals surface area (Å²) >= 11 is 1.94. The Morgan fingerprint density at radius 1 is 1.04 bits per heavy atom. The summed E-state index contributed by atoms with van der Waals surface area (Å²) in [5.74, 6) is 1.29. The highest BCUT2D eigenvalue weighted by Gasteiger charge is 2.26. The third kappa shape index (κ3) is 3.80. The lowest BCUT2D eigenvalue weighted by molar-refractivity contribution is -0.110. The molecule has 1 N–H and O–H groups in total. The molecule has 1 heterocycles. The summed E-state index contributed by atoms with van der Waals surface area (Å²) in [6.45, 7) is 6.72. The first-order chi connectivity index (χ1) is 13.3. The van der Waals surface area contributed by atoms with Gasteiger partial charge in [-0.25, -0.2) is 0 Å². The van der Waals surface area contributed by atoms with Crippen molar-refractivity contribution in [3.05, 3.63) is 88.2 Å². The van der Waals surface area contributed by atoms with E-state index in [2.05, 4.69) is 45.0 Å². The van der Waals surface area contributed by atoms with Gasteiger partial charge in [0.25, 0.3) is 0 Å². The highest BCUT2D eigenvalue weighted by molar-refractivity contribution is 7.99. The summed E-state index contributed by atoms with van der Waals surface area (Å²) in [6, 6.07) is 14.3. The highest BCUT2D eigenvalue weighted by atomic mass is 32.2. The molecular weight excluding hydrogens is 380 g/mol. The Hall–Kier alpha value is -2.30. The molecule has 142 valence electrons. The van der Waals surface area contributed by atoms with Crippen molar-refractivity contribution in [3.63, 3.8) is 0 Å². The largest absolute Gasteiger partial charge is 0.508 e. The molecule has 28 heavy (non-hydrogen) atoms. The fraction of sp³-hybridized carbons (Fsp3) is 0.208. The standard InChI is InChI=1S/C24H24O2SSi/c1-24(2,3)27-14-15-6-4-5-7-18(15)23-19-10-8-16(25)12-21(19)28-22-13-17(26)9-11-20(22)23/h4-13,25H,14,28H2,1-3H3. The van der Waals surface area contributed by atoms with Gasteiger partial charge in [0.1, 0.15) is 5.75 Å². The molecule has 0 spiro atoms. The average molecular weight is 405 g/mol. The van der Waals surface area contributed by atoms with E-state index in [9.17, 15) is 9.90 Å². The van der Waals surface area contributed by atoms with Crippen molar-refractivity contribution in [1.82, 2.24) is 0 Å². The van der Waals surface area contributed by atoms with Gasteiger partial charge in [-0.1, -0.05) is 67.6 Å². The van der Waals surface area contributed by atoms with E-state index in [-0.39, 0.29) is 10.5 Å². The number of ketones is 1. The molecule has 1 aliphatic heterocycles. The SMILES string of the molecule is CC(C)(C)SCc1ccccc1C1=C2C=CC(=O)C=C2[SiH2]c2cc(O)ccc21. The van der Waals surface area contributed by atoms with Gasteiger partial charge in [0.05, 0.1) is 9.52 Å². The minimum atomic E-state index is -0.806. The van der Waals surface area contributed by atoms with Crippen LogP contribution in [0.25, 0.3) is 5.57 Å². The number of hydrogen-bond donors (Lipinski definition) is 1. The number of hydrogen-bond acceptors (Lipinski definition) is 3. The smallest absolute Gasteiger partial charge is 0.178 e. The molecule has 0 bridgehead atoms. The molecule has 2 aromatic carbocycles. The molecule has 0 saturated carbocycles. The predicted molar refractivity (Wildman–Crippen MR) is 122 cm³/mol. The molecule has 2 aromatic rings.